The zero-order valence-corrected chi connectivity index (χ0v) is 20.1. The number of hydrogen-bond donors (Lipinski definition) is 1. The Labute approximate surface area is 198 Å². The first kappa shape index (κ1) is 25.2. The number of aliphatic hydroxyl groups excluding tert-OH is 1. The molecule has 2 aromatic carbocycles. The number of ketones is 1. The first-order valence-electron chi connectivity index (χ1n) is 11.0. The zero-order valence-electron chi connectivity index (χ0n) is 20.1. The molecule has 182 valence electrons. The van der Waals surface area contributed by atoms with E-state index < -0.39 is 23.5 Å². The highest BCUT2D eigenvalue weighted by molar-refractivity contribution is 6.46. The van der Waals surface area contributed by atoms with Crippen molar-refractivity contribution < 1.29 is 33.3 Å². The van der Waals surface area contributed by atoms with Gasteiger partial charge in [0.1, 0.15) is 11.6 Å². The van der Waals surface area contributed by atoms with Crippen LogP contribution in [0.15, 0.2) is 42.0 Å². The Hall–Kier alpha value is -3.39. The van der Waals surface area contributed by atoms with Crippen molar-refractivity contribution in [2.24, 2.45) is 5.92 Å². The van der Waals surface area contributed by atoms with Crippen LogP contribution in [-0.4, -0.2) is 55.7 Å². The monoisotopic (exact) mass is 471 g/mol. The van der Waals surface area contributed by atoms with Gasteiger partial charge in [0, 0.05) is 19.2 Å². The lowest BCUT2D eigenvalue weighted by Crippen LogP contribution is -2.32. The number of amides is 1. The minimum atomic E-state index is -0.882. The van der Waals surface area contributed by atoms with Crippen LogP contribution in [0.5, 0.6) is 11.5 Å². The summed E-state index contributed by atoms with van der Waals surface area (Å²) in [7, 11) is 3.02. The number of halogens is 1. The predicted octanol–water partition coefficient (Wildman–Crippen LogP) is 4.25. The molecule has 0 radical (unpaired) electrons. The summed E-state index contributed by atoms with van der Waals surface area (Å²) in [5, 5.41) is 11.1. The van der Waals surface area contributed by atoms with Crippen LogP contribution in [0.25, 0.3) is 5.76 Å². The number of carbonyl (C=O) groups excluding carboxylic acids is 2. The minimum Gasteiger partial charge on any atom is -0.507 e. The Morgan fingerprint density at radius 1 is 1.12 bits per heavy atom. The molecule has 1 fully saturated rings. The van der Waals surface area contributed by atoms with Gasteiger partial charge in [0.15, 0.2) is 11.5 Å². The van der Waals surface area contributed by atoms with Gasteiger partial charge < -0.3 is 24.2 Å². The van der Waals surface area contributed by atoms with Crippen LogP contribution in [0.3, 0.4) is 0 Å². The fourth-order valence-electron chi connectivity index (χ4n) is 3.83. The lowest BCUT2D eigenvalue weighted by Gasteiger charge is -2.26. The summed E-state index contributed by atoms with van der Waals surface area (Å²) in [5.41, 5.74) is 1.05. The van der Waals surface area contributed by atoms with Crippen molar-refractivity contribution in [3.05, 3.63) is 64.5 Å². The maximum atomic E-state index is 13.8. The van der Waals surface area contributed by atoms with E-state index in [1.807, 2.05) is 13.8 Å². The van der Waals surface area contributed by atoms with E-state index in [9.17, 15) is 19.1 Å². The number of nitrogens with zero attached hydrogens (tertiary/aromatic N) is 1. The van der Waals surface area contributed by atoms with Gasteiger partial charge in [-0.2, -0.15) is 0 Å². The van der Waals surface area contributed by atoms with Gasteiger partial charge in [-0.05, 0) is 54.3 Å². The maximum absolute atomic E-state index is 13.8. The summed E-state index contributed by atoms with van der Waals surface area (Å²) in [6, 6.07) is 8.28. The van der Waals surface area contributed by atoms with E-state index in [0.717, 1.165) is 0 Å². The van der Waals surface area contributed by atoms with Crippen LogP contribution in [0.2, 0.25) is 0 Å². The SMILES string of the molecule is COCCN1C(=O)C(=O)/C(=C(\O)c2ccc(F)c(C)c2)C1c1ccc(OC)c(OCC(C)C)c1. The van der Waals surface area contributed by atoms with Gasteiger partial charge >= 0.3 is 0 Å². The first-order chi connectivity index (χ1) is 16.2. The van der Waals surface area contributed by atoms with Crippen LogP contribution >= 0.6 is 0 Å². The zero-order chi connectivity index (χ0) is 25.0. The highest BCUT2D eigenvalue weighted by Gasteiger charge is 2.46. The number of carbonyl (C=O) groups is 2. The molecule has 1 amide bonds. The Bertz CT molecular complexity index is 1110. The molecule has 1 saturated heterocycles. The molecular weight excluding hydrogens is 441 g/mol. The summed E-state index contributed by atoms with van der Waals surface area (Å²) in [4.78, 5) is 27.4. The van der Waals surface area contributed by atoms with Crippen molar-refractivity contribution in [2.75, 3.05) is 34.0 Å². The Morgan fingerprint density at radius 3 is 2.47 bits per heavy atom. The second-order valence-corrected chi connectivity index (χ2v) is 8.56. The molecule has 1 N–H and O–H groups in total. The third-order valence-electron chi connectivity index (χ3n) is 5.58. The largest absolute Gasteiger partial charge is 0.507 e. The van der Waals surface area contributed by atoms with E-state index in [-0.39, 0.29) is 36.0 Å². The molecule has 0 aliphatic carbocycles. The molecule has 0 saturated carbocycles. The normalized spacial score (nSPS) is 17.5. The fourth-order valence-corrected chi connectivity index (χ4v) is 3.83. The molecule has 7 nitrogen and oxygen atoms in total. The number of aliphatic hydroxyl groups is 1. The highest BCUT2D eigenvalue weighted by Crippen LogP contribution is 2.42. The van der Waals surface area contributed by atoms with Crippen LogP contribution in [0, 0.1) is 18.7 Å². The molecule has 1 aliphatic heterocycles. The number of rotatable bonds is 9. The topological polar surface area (TPSA) is 85.3 Å². The Kier molecular flexibility index (Phi) is 7.94. The first-order valence-corrected chi connectivity index (χ1v) is 11.0. The van der Waals surface area contributed by atoms with Crippen LogP contribution in [-0.2, 0) is 14.3 Å². The molecule has 1 heterocycles. The number of benzene rings is 2. The van der Waals surface area contributed by atoms with Gasteiger partial charge in [0.2, 0.25) is 0 Å². The molecule has 3 rings (SSSR count). The van der Waals surface area contributed by atoms with Crippen molar-refractivity contribution in [1.29, 1.82) is 0 Å². The third-order valence-corrected chi connectivity index (χ3v) is 5.58. The van der Waals surface area contributed by atoms with Crippen LogP contribution < -0.4 is 9.47 Å². The molecule has 0 bridgehead atoms. The van der Waals surface area contributed by atoms with E-state index in [2.05, 4.69) is 0 Å². The quantitative estimate of drug-likeness (QED) is 0.334. The van der Waals surface area contributed by atoms with Crippen molar-refractivity contribution in [3.63, 3.8) is 0 Å². The van der Waals surface area contributed by atoms with Crippen LogP contribution in [0.1, 0.15) is 36.6 Å². The molecule has 34 heavy (non-hydrogen) atoms. The highest BCUT2D eigenvalue weighted by atomic mass is 19.1. The number of methoxy groups -OCH3 is 2. The van der Waals surface area contributed by atoms with Crippen molar-refractivity contribution >= 4 is 17.4 Å². The summed E-state index contributed by atoms with van der Waals surface area (Å²) in [5.74, 6) is -1.13. The molecule has 1 unspecified atom stereocenters. The third kappa shape index (κ3) is 5.07. The molecular formula is C26H30FNO6. The number of likely N-dealkylation sites (tertiary alicyclic amines) is 1. The second kappa shape index (κ2) is 10.7. The van der Waals surface area contributed by atoms with Gasteiger partial charge in [0.05, 0.1) is 31.9 Å². The lowest BCUT2D eigenvalue weighted by molar-refractivity contribution is -0.140. The lowest BCUT2D eigenvalue weighted by atomic mass is 9.94. The van der Waals surface area contributed by atoms with Gasteiger partial charge in [0.25, 0.3) is 11.7 Å². The standard InChI is InChI=1S/C26H30FNO6/c1-15(2)14-34-21-13-17(7-9-20(21)33-5)23-22(25(30)26(31)28(23)10-11-32-4)24(29)18-6-8-19(27)16(3)12-18/h6-9,12-13,15,23,29H,10-11,14H2,1-5H3/b24-22-. The Morgan fingerprint density at radius 2 is 1.85 bits per heavy atom. The number of Topliss-reactive ketones (excluding diaryl/α,β-unsaturated/α-hetero) is 1. The van der Waals surface area contributed by atoms with Crippen LogP contribution in [0.4, 0.5) is 4.39 Å². The average molecular weight is 472 g/mol. The smallest absolute Gasteiger partial charge is 0.295 e. The van der Waals surface area contributed by atoms with E-state index in [4.69, 9.17) is 14.2 Å². The maximum Gasteiger partial charge on any atom is 0.295 e. The fraction of sp³-hybridized carbons (Fsp3) is 0.385. The molecule has 0 spiro atoms. The van der Waals surface area contributed by atoms with Gasteiger partial charge in [-0.25, -0.2) is 4.39 Å². The molecule has 2 aromatic rings. The average Bonchev–Trinajstić information content (AvgIpc) is 3.07. The minimum absolute atomic E-state index is 0.0768. The summed E-state index contributed by atoms with van der Waals surface area (Å²) in [6.45, 7) is 6.37. The van der Waals surface area contributed by atoms with Gasteiger partial charge in [-0.3, -0.25) is 9.59 Å². The van der Waals surface area contributed by atoms with Crippen molar-refractivity contribution in [1.82, 2.24) is 4.90 Å². The molecule has 1 atom stereocenters. The van der Waals surface area contributed by atoms with E-state index in [0.29, 0.717) is 29.2 Å². The van der Waals surface area contributed by atoms with Crippen molar-refractivity contribution in [2.45, 2.75) is 26.8 Å². The van der Waals surface area contributed by atoms with E-state index >= 15 is 0 Å². The predicted molar refractivity (Wildman–Crippen MR) is 125 cm³/mol. The molecule has 8 heteroatoms. The van der Waals surface area contributed by atoms with Gasteiger partial charge in [-0.1, -0.05) is 19.9 Å². The van der Waals surface area contributed by atoms with Crippen molar-refractivity contribution in [3.8, 4) is 11.5 Å². The Balaban J connectivity index is 2.17. The number of ether oxygens (including phenoxy) is 3. The number of aryl methyl sites for hydroxylation is 1. The second-order valence-electron chi connectivity index (χ2n) is 8.56. The van der Waals surface area contributed by atoms with E-state index in [1.165, 1.54) is 37.3 Å². The molecule has 0 aromatic heterocycles. The van der Waals surface area contributed by atoms with Gasteiger partial charge in [-0.15, -0.1) is 0 Å². The molecule has 1 aliphatic rings. The number of hydrogen-bond acceptors (Lipinski definition) is 6. The summed E-state index contributed by atoms with van der Waals surface area (Å²) in [6.07, 6.45) is 0. The summed E-state index contributed by atoms with van der Waals surface area (Å²) < 4.78 is 30.3. The summed E-state index contributed by atoms with van der Waals surface area (Å²) >= 11 is 0. The van der Waals surface area contributed by atoms with E-state index in [1.54, 1.807) is 25.1 Å².